The fourth-order valence-electron chi connectivity index (χ4n) is 9.51. The van der Waals surface area contributed by atoms with Crippen LogP contribution in [0.15, 0.2) is 66.4 Å². The largest absolute Gasteiger partial charge is 0.481 e. The fourth-order valence-corrected chi connectivity index (χ4v) is 9.51. The number of fused-ring (bicyclic) bond motifs is 1. The number of nitrogens with two attached hydrogens (primary N) is 2. The number of nitrogens with zero attached hydrogens (tertiary/aromatic N) is 3. The predicted octanol–water partition coefficient (Wildman–Crippen LogP) is 3.69. The van der Waals surface area contributed by atoms with Crippen LogP contribution in [0.3, 0.4) is 0 Å². The summed E-state index contributed by atoms with van der Waals surface area (Å²) in [6.07, 6.45) is 1.00. The van der Waals surface area contributed by atoms with Crippen molar-refractivity contribution in [3.05, 3.63) is 77.5 Å². The lowest BCUT2D eigenvalue weighted by Crippen LogP contribution is -2.63. The van der Waals surface area contributed by atoms with Gasteiger partial charge in [-0.15, -0.1) is 0 Å². The number of aliphatic carboxylic acids is 3. The number of nitrogens with one attached hydrogen (secondary N) is 6. The van der Waals surface area contributed by atoms with Crippen LogP contribution in [0, 0.1) is 17.3 Å². The molecule has 26 heteroatoms. The van der Waals surface area contributed by atoms with Crippen molar-refractivity contribution in [3.63, 3.8) is 0 Å². The average molecular weight is 1190 g/mol. The minimum atomic E-state index is -1.61. The van der Waals surface area contributed by atoms with Gasteiger partial charge in [0.05, 0.1) is 12.1 Å². The summed E-state index contributed by atoms with van der Waals surface area (Å²) in [7, 11) is 4.77. The van der Waals surface area contributed by atoms with Crippen molar-refractivity contribution in [1.82, 2.24) is 41.0 Å². The number of urea groups is 1. The van der Waals surface area contributed by atoms with Gasteiger partial charge in [0.1, 0.15) is 36.8 Å². The first-order valence-corrected chi connectivity index (χ1v) is 28.0. The number of aryl methyl sites for hydroxylation is 1. The number of primary amides is 1. The molecular weight excluding hydrogens is 1100 g/mol. The van der Waals surface area contributed by atoms with E-state index in [1.807, 2.05) is 42.1 Å². The lowest BCUT2D eigenvalue weighted by molar-refractivity contribution is -0.144. The molecule has 0 aliphatic heterocycles. The van der Waals surface area contributed by atoms with Gasteiger partial charge in [-0.1, -0.05) is 98.7 Å². The van der Waals surface area contributed by atoms with E-state index in [0.29, 0.717) is 23.2 Å². The zero-order chi connectivity index (χ0) is 64.4. The van der Waals surface area contributed by atoms with Gasteiger partial charge in [0, 0.05) is 74.3 Å². The van der Waals surface area contributed by atoms with Gasteiger partial charge in [-0.25, -0.2) is 19.2 Å². The van der Waals surface area contributed by atoms with Gasteiger partial charge in [-0.3, -0.25) is 38.5 Å². The van der Waals surface area contributed by atoms with Crippen molar-refractivity contribution in [2.45, 2.75) is 162 Å². The summed E-state index contributed by atoms with van der Waals surface area (Å²) in [5.74, 6) is -8.87. The van der Waals surface area contributed by atoms with Crippen molar-refractivity contribution in [1.29, 1.82) is 0 Å². The number of benzene rings is 2. The molecule has 2 aromatic carbocycles. The third kappa shape index (κ3) is 20.6. The van der Waals surface area contributed by atoms with Gasteiger partial charge in [0.2, 0.25) is 35.4 Å². The van der Waals surface area contributed by atoms with E-state index in [1.54, 1.807) is 86.6 Å². The Kier molecular flexibility index (Phi) is 26.1. The summed E-state index contributed by atoms with van der Waals surface area (Å²) < 4.78 is 7.75. The number of carbonyl (C=O) groups is 11. The number of amides is 9. The molecule has 0 radical (unpaired) electrons. The number of carboxylic acid groups (broad SMARTS) is 3. The van der Waals surface area contributed by atoms with Crippen LogP contribution in [0.2, 0.25) is 0 Å². The Labute approximate surface area is 495 Å². The molecule has 0 aliphatic carbocycles. The molecule has 0 spiro atoms. The number of likely N-dealkylation sites (N-methyl/N-ethyl adjacent to an activating group) is 2. The number of rotatable bonds is 31. The molecular formula is C59H87N11O15. The van der Waals surface area contributed by atoms with Gasteiger partial charge >= 0.3 is 30.0 Å². The van der Waals surface area contributed by atoms with Crippen molar-refractivity contribution in [2.24, 2.45) is 35.8 Å². The number of carboxylic acids is 3. The summed E-state index contributed by atoms with van der Waals surface area (Å²) in [4.78, 5) is 146. The second kappa shape index (κ2) is 31.4. The number of para-hydroxylation sites is 1. The summed E-state index contributed by atoms with van der Waals surface area (Å²) in [5, 5.41) is 44.5. The van der Waals surface area contributed by atoms with E-state index in [0.717, 1.165) is 10.9 Å². The molecule has 7 atom stereocenters. The Morgan fingerprint density at radius 2 is 1.31 bits per heavy atom. The second-order valence-corrected chi connectivity index (χ2v) is 23.5. The molecule has 85 heavy (non-hydrogen) atoms. The molecule has 1 unspecified atom stereocenters. The lowest BCUT2D eigenvalue weighted by Gasteiger charge is -2.42. The number of hydrogen-bond acceptors (Lipinski definition) is 13. The van der Waals surface area contributed by atoms with Crippen molar-refractivity contribution in [3.8, 4) is 0 Å². The molecule has 3 rings (SSSR count). The molecule has 0 fully saturated rings. The first-order chi connectivity index (χ1) is 39.5. The summed E-state index contributed by atoms with van der Waals surface area (Å²) in [6.45, 7) is 17.3. The Hall–Kier alpha value is -8.55. The SMILES string of the molecule is C/C(=C\[C@H](C(C)C)N(C)C(=O)[C@@H](NC(=O)C(N(C)C(=O)OCc1ccc(NC(=O)[C@H](CCCNC(N)=O)NC(=O)[C@@H](N)C(C)C)cc1)C(C)(C)c1cn(C)c2ccccc12)C(C)(C)C)C(=O)N[C@H](CCC(=O)N[C@H](CCC(=O)O)C(=O)O)C(=O)O. The van der Waals surface area contributed by atoms with Crippen LogP contribution in [0.25, 0.3) is 10.9 Å². The van der Waals surface area contributed by atoms with Gasteiger partial charge in [-0.05, 0) is 79.2 Å². The summed E-state index contributed by atoms with van der Waals surface area (Å²) in [6, 6.07) is 4.77. The van der Waals surface area contributed by atoms with Gasteiger partial charge in [-0.2, -0.15) is 0 Å². The Balaban J connectivity index is 1.91. The highest BCUT2D eigenvalue weighted by Crippen LogP contribution is 2.37. The quantitative estimate of drug-likeness (QED) is 0.0323. The molecule has 1 heterocycles. The fraction of sp³-hybridized carbons (Fsp3) is 0.542. The Bertz CT molecular complexity index is 2930. The van der Waals surface area contributed by atoms with Crippen molar-refractivity contribution < 1.29 is 72.8 Å². The van der Waals surface area contributed by atoms with Crippen LogP contribution in [0.5, 0.6) is 0 Å². The number of hydrogen-bond donors (Lipinski definition) is 11. The van der Waals surface area contributed by atoms with Crippen LogP contribution >= 0.6 is 0 Å². The monoisotopic (exact) mass is 1190 g/mol. The normalized spacial score (nSPS) is 14.3. The van der Waals surface area contributed by atoms with Gasteiger partial charge < -0.3 is 72.9 Å². The van der Waals surface area contributed by atoms with E-state index >= 15 is 4.79 Å². The minimum absolute atomic E-state index is 0.00711. The maximum Gasteiger partial charge on any atom is 0.410 e. The standard InChI is InChI=1S/C59H87N11O15/c1-32(2)43(29-34(5)49(74)66-41(55(81)82)24-26-44(71)64-40(54(79)80)25-27-45(72)73)69(12)53(78)47(58(6,7)8)67-52(77)48(59(9,10)38-30-68(11)42-19-15-14-17-37(38)42)70(13)57(84)85-31-35-20-22-36(23-21-35)63-50(75)39(18-16-28-62-56(61)83)65-51(76)46(60)33(3)4/h14-15,17,19-23,29-30,32-33,39-41,43,46-48H,16,18,24-28,31,60H2,1-13H3,(H,63,75)(H,64,71)(H,65,76)(H,66,74)(H,67,77)(H,72,73)(H,79,80)(H,81,82)(H3,61,62,83)/b34-29+/t39-,40+,41+,43+,46-,47+,48?/m0/s1. The smallest absolute Gasteiger partial charge is 0.410 e. The number of carbonyl (C=O) groups excluding carboxylic acids is 8. The molecule has 13 N–H and O–H groups in total. The topological polar surface area (TPSA) is 393 Å². The van der Waals surface area contributed by atoms with E-state index < -0.39 is 144 Å². The lowest BCUT2D eigenvalue weighted by atomic mass is 9.76. The van der Waals surface area contributed by atoms with E-state index in [4.69, 9.17) is 21.3 Å². The number of ether oxygens (including phenoxy) is 1. The van der Waals surface area contributed by atoms with Crippen molar-refractivity contribution in [2.75, 3.05) is 26.0 Å². The molecule has 0 saturated carbocycles. The highest BCUT2D eigenvalue weighted by atomic mass is 16.6. The molecule has 468 valence electrons. The van der Waals surface area contributed by atoms with E-state index in [9.17, 15) is 58.2 Å². The molecule has 9 amide bonds. The van der Waals surface area contributed by atoms with E-state index in [1.165, 1.54) is 36.9 Å². The van der Waals surface area contributed by atoms with Crippen LogP contribution in [-0.4, -0.2) is 158 Å². The van der Waals surface area contributed by atoms with E-state index in [-0.39, 0.29) is 37.0 Å². The number of aromatic nitrogens is 1. The third-order valence-electron chi connectivity index (χ3n) is 14.6. The maximum atomic E-state index is 15.3. The second-order valence-electron chi connectivity index (χ2n) is 23.5. The van der Waals surface area contributed by atoms with Crippen LogP contribution in [0.1, 0.15) is 119 Å². The first kappa shape index (κ1) is 70.7. The molecule has 0 aliphatic rings. The molecule has 3 aromatic rings. The van der Waals surface area contributed by atoms with Crippen LogP contribution in [0.4, 0.5) is 15.3 Å². The third-order valence-corrected chi connectivity index (χ3v) is 14.6. The molecule has 1 aromatic heterocycles. The highest BCUT2D eigenvalue weighted by Gasteiger charge is 2.47. The van der Waals surface area contributed by atoms with Gasteiger partial charge in [0.25, 0.3) is 0 Å². The van der Waals surface area contributed by atoms with E-state index in [2.05, 4.69) is 31.9 Å². The highest BCUT2D eigenvalue weighted by molar-refractivity contribution is 5.99. The molecule has 26 nitrogen and oxygen atoms in total. The van der Waals surface area contributed by atoms with Gasteiger partial charge in [0.15, 0.2) is 0 Å². The van der Waals surface area contributed by atoms with Crippen molar-refractivity contribution >= 4 is 82.1 Å². The Morgan fingerprint density at radius 1 is 0.718 bits per heavy atom. The number of anilines is 1. The summed E-state index contributed by atoms with van der Waals surface area (Å²) in [5.41, 5.74) is 11.5. The van der Waals surface area contributed by atoms with Crippen LogP contribution in [-0.2, 0) is 67.0 Å². The average Bonchev–Trinajstić information content (AvgIpc) is 2.00. The summed E-state index contributed by atoms with van der Waals surface area (Å²) >= 11 is 0. The minimum Gasteiger partial charge on any atom is -0.481 e. The zero-order valence-corrected chi connectivity index (χ0v) is 50.9. The molecule has 0 bridgehead atoms. The molecule has 0 saturated heterocycles. The zero-order valence-electron chi connectivity index (χ0n) is 50.9. The first-order valence-electron chi connectivity index (χ1n) is 28.0. The van der Waals surface area contributed by atoms with Crippen LogP contribution < -0.4 is 43.4 Å². The Morgan fingerprint density at radius 3 is 1.86 bits per heavy atom. The predicted molar refractivity (Wildman–Crippen MR) is 316 cm³/mol. The maximum absolute atomic E-state index is 15.3.